The third kappa shape index (κ3) is 2.80. The van der Waals surface area contributed by atoms with Crippen LogP contribution in [0.25, 0.3) is 0 Å². The number of hydrogen-bond donors (Lipinski definition) is 1. The Hall–Kier alpha value is -1.17. The first kappa shape index (κ1) is 13.3. The average Bonchev–Trinajstić information content (AvgIpc) is 2.31. The van der Waals surface area contributed by atoms with E-state index in [2.05, 4.69) is 4.98 Å². The van der Waals surface area contributed by atoms with Gasteiger partial charge >= 0.3 is 6.18 Å². The maximum Gasteiger partial charge on any atom is 0.391 e. The number of halogens is 4. The van der Waals surface area contributed by atoms with E-state index in [1.807, 2.05) is 0 Å². The van der Waals surface area contributed by atoms with E-state index in [1.165, 1.54) is 0 Å². The summed E-state index contributed by atoms with van der Waals surface area (Å²) in [7, 11) is 0. The summed E-state index contributed by atoms with van der Waals surface area (Å²) in [6.45, 7) is 0.587. The number of rotatable bonds is 1. The van der Waals surface area contributed by atoms with Crippen LogP contribution >= 0.6 is 11.6 Å². The molecule has 2 heterocycles. The van der Waals surface area contributed by atoms with Gasteiger partial charge in [-0.1, -0.05) is 11.6 Å². The number of anilines is 2. The zero-order chi connectivity index (χ0) is 13.3. The summed E-state index contributed by atoms with van der Waals surface area (Å²) in [6.07, 6.45) is -3.98. The Morgan fingerprint density at radius 1 is 1.28 bits per heavy atom. The molecular formula is C11H13ClF3N3. The van der Waals surface area contributed by atoms with Crippen LogP contribution in [0.1, 0.15) is 12.8 Å². The molecule has 0 radical (unpaired) electrons. The first-order chi connectivity index (χ1) is 8.38. The predicted octanol–water partition coefficient (Wildman–Crippen LogP) is 3.10. The predicted molar refractivity (Wildman–Crippen MR) is 64.7 cm³/mol. The molecule has 0 spiro atoms. The van der Waals surface area contributed by atoms with E-state index < -0.39 is 12.1 Å². The Kier molecular flexibility index (Phi) is 3.56. The number of piperidine rings is 1. The molecule has 2 N–H and O–H groups in total. The average molecular weight is 280 g/mol. The Morgan fingerprint density at radius 2 is 1.89 bits per heavy atom. The Balaban J connectivity index is 2.08. The van der Waals surface area contributed by atoms with E-state index in [0.29, 0.717) is 24.6 Å². The second-order valence-electron chi connectivity index (χ2n) is 4.35. The van der Waals surface area contributed by atoms with Gasteiger partial charge in [0, 0.05) is 13.1 Å². The molecule has 0 aliphatic carbocycles. The van der Waals surface area contributed by atoms with Crippen molar-refractivity contribution in [3.05, 3.63) is 17.3 Å². The highest BCUT2D eigenvalue weighted by Gasteiger charge is 2.41. The van der Waals surface area contributed by atoms with Gasteiger partial charge in [-0.15, -0.1) is 0 Å². The van der Waals surface area contributed by atoms with Gasteiger partial charge in [-0.3, -0.25) is 0 Å². The lowest BCUT2D eigenvalue weighted by Crippen LogP contribution is -2.39. The topological polar surface area (TPSA) is 42.1 Å². The summed E-state index contributed by atoms with van der Waals surface area (Å²) in [5.74, 6) is -0.753. The molecule has 1 aromatic rings. The molecule has 7 heteroatoms. The summed E-state index contributed by atoms with van der Waals surface area (Å²) < 4.78 is 37.6. The van der Waals surface area contributed by atoms with E-state index in [-0.39, 0.29) is 18.0 Å². The van der Waals surface area contributed by atoms with Crippen LogP contribution in [0.5, 0.6) is 0 Å². The summed E-state index contributed by atoms with van der Waals surface area (Å²) in [4.78, 5) is 5.82. The van der Waals surface area contributed by atoms with Crippen molar-refractivity contribution in [2.45, 2.75) is 19.0 Å². The van der Waals surface area contributed by atoms with Crippen LogP contribution < -0.4 is 10.6 Å². The normalized spacial score (nSPS) is 18.1. The molecular weight excluding hydrogens is 267 g/mol. The van der Waals surface area contributed by atoms with E-state index in [0.717, 1.165) is 0 Å². The maximum absolute atomic E-state index is 12.5. The minimum absolute atomic E-state index is 0.0666. The quantitative estimate of drug-likeness (QED) is 0.803. The van der Waals surface area contributed by atoms with Gasteiger partial charge in [0.1, 0.15) is 5.15 Å². The molecule has 18 heavy (non-hydrogen) atoms. The van der Waals surface area contributed by atoms with Crippen molar-refractivity contribution in [1.29, 1.82) is 0 Å². The highest BCUT2D eigenvalue weighted by atomic mass is 35.5. The third-order valence-corrected chi connectivity index (χ3v) is 3.34. The lowest BCUT2D eigenvalue weighted by atomic mass is 9.96. The highest BCUT2D eigenvalue weighted by Crippen LogP contribution is 2.36. The van der Waals surface area contributed by atoms with Gasteiger partial charge in [0.2, 0.25) is 0 Å². The fraction of sp³-hybridized carbons (Fsp3) is 0.545. The van der Waals surface area contributed by atoms with E-state index in [1.54, 1.807) is 17.0 Å². The number of nitrogens with two attached hydrogens (primary N) is 1. The fourth-order valence-corrected chi connectivity index (χ4v) is 2.25. The smallest absolute Gasteiger partial charge is 0.391 e. The summed E-state index contributed by atoms with van der Waals surface area (Å²) >= 11 is 5.76. The summed E-state index contributed by atoms with van der Waals surface area (Å²) in [5, 5.41) is 0.289. The Labute approximate surface area is 108 Å². The van der Waals surface area contributed by atoms with Crippen LogP contribution in [-0.4, -0.2) is 24.2 Å². The molecule has 0 aromatic carbocycles. The number of nitrogen functional groups attached to an aromatic ring is 1. The first-order valence-corrected chi connectivity index (χ1v) is 5.99. The van der Waals surface area contributed by atoms with E-state index in [9.17, 15) is 13.2 Å². The van der Waals surface area contributed by atoms with Gasteiger partial charge in [0.05, 0.1) is 11.6 Å². The van der Waals surface area contributed by atoms with Crippen molar-refractivity contribution in [2.24, 2.45) is 5.92 Å². The maximum atomic E-state index is 12.5. The van der Waals surface area contributed by atoms with Crippen molar-refractivity contribution in [1.82, 2.24) is 4.98 Å². The monoisotopic (exact) mass is 279 g/mol. The molecule has 0 unspecified atom stereocenters. The van der Waals surface area contributed by atoms with Gasteiger partial charge in [-0.05, 0) is 25.0 Å². The molecule has 2 rings (SSSR count). The minimum Gasteiger partial charge on any atom is -0.396 e. The van der Waals surface area contributed by atoms with Crippen molar-refractivity contribution in [2.75, 3.05) is 23.7 Å². The second-order valence-corrected chi connectivity index (χ2v) is 4.74. The SMILES string of the molecule is Nc1ccc(Cl)nc1N1CCC(C(F)(F)F)CC1. The Bertz CT molecular complexity index is 428. The minimum atomic E-state index is -4.11. The van der Waals surface area contributed by atoms with Crippen molar-refractivity contribution >= 4 is 23.1 Å². The summed E-state index contributed by atoms with van der Waals surface area (Å²) in [5.41, 5.74) is 6.19. The summed E-state index contributed by atoms with van der Waals surface area (Å²) in [6, 6.07) is 3.17. The molecule has 1 aliphatic heterocycles. The van der Waals surface area contributed by atoms with E-state index in [4.69, 9.17) is 17.3 Å². The zero-order valence-corrected chi connectivity index (χ0v) is 10.3. The standard InChI is InChI=1S/C11H13ClF3N3/c12-9-2-1-8(16)10(17-9)18-5-3-7(4-6-18)11(13,14)15/h1-2,7H,3-6,16H2. The number of pyridine rings is 1. The van der Waals surface area contributed by atoms with Crippen molar-refractivity contribution in [3.8, 4) is 0 Å². The van der Waals surface area contributed by atoms with Crippen molar-refractivity contribution < 1.29 is 13.2 Å². The molecule has 3 nitrogen and oxygen atoms in total. The largest absolute Gasteiger partial charge is 0.396 e. The molecule has 0 atom stereocenters. The third-order valence-electron chi connectivity index (χ3n) is 3.13. The van der Waals surface area contributed by atoms with Crippen LogP contribution in [0, 0.1) is 5.92 Å². The van der Waals surface area contributed by atoms with Crippen LogP contribution in [0.15, 0.2) is 12.1 Å². The second kappa shape index (κ2) is 4.84. The zero-order valence-electron chi connectivity index (χ0n) is 9.54. The van der Waals surface area contributed by atoms with Gasteiger partial charge < -0.3 is 10.6 Å². The van der Waals surface area contributed by atoms with Gasteiger partial charge in [0.15, 0.2) is 5.82 Å². The molecule has 1 saturated heterocycles. The lowest BCUT2D eigenvalue weighted by molar-refractivity contribution is -0.179. The number of nitrogens with zero attached hydrogens (tertiary/aromatic N) is 2. The molecule has 1 fully saturated rings. The van der Waals surface area contributed by atoms with Gasteiger partial charge in [0.25, 0.3) is 0 Å². The molecule has 100 valence electrons. The van der Waals surface area contributed by atoms with Gasteiger partial charge in [-0.2, -0.15) is 13.2 Å². The lowest BCUT2D eigenvalue weighted by Gasteiger charge is -2.34. The van der Waals surface area contributed by atoms with Crippen LogP contribution in [0.3, 0.4) is 0 Å². The highest BCUT2D eigenvalue weighted by molar-refractivity contribution is 6.29. The number of hydrogen-bond acceptors (Lipinski definition) is 3. The molecule has 0 bridgehead atoms. The van der Waals surface area contributed by atoms with Crippen LogP contribution in [0.4, 0.5) is 24.7 Å². The molecule has 0 saturated carbocycles. The van der Waals surface area contributed by atoms with Gasteiger partial charge in [-0.25, -0.2) is 4.98 Å². The number of aromatic nitrogens is 1. The first-order valence-electron chi connectivity index (χ1n) is 5.61. The molecule has 1 aliphatic rings. The molecule has 0 amide bonds. The Morgan fingerprint density at radius 3 is 2.44 bits per heavy atom. The van der Waals surface area contributed by atoms with Crippen molar-refractivity contribution in [3.63, 3.8) is 0 Å². The fourth-order valence-electron chi connectivity index (χ4n) is 2.11. The van der Waals surface area contributed by atoms with E-state index >= 15 is 0 Å². The molecule has 1 aromatic heterocycles. The van der Waals surface area contributed by atoms with Crippen LogP contribution in [0.2, 0.25) is 5.15 Å². The number of alkyl halides is 3. The van der Waals surface area contributed by atoms with Crippen LogP contribution in [-0.2, 0) is 0 Å².